The summed E-state index contributed by atoms with van der Waals surface area (Å²) in [6.07, 6.45) is 5.64. The van der Waals surface area contributed by atoms with Crippen molar-refractivity contribution in [3.05, 3.63) is 12.2 Å². The Hall–Kier alpha value is -1.12. The second kappa shape index (κ2) is 9.13. The molecule has 0 atom stereocenters. The van der Waals surface area contributed by atoms with Crippen molar-refractivity contribution in [2.24, 2.45) is 0 Å². The lowest BCUT2D eigenvalue weighted by atomic mass is 10.1. The van der Waals surface area contributed by atoms with E-state index in [1.54, 1.807) is 0 Å². The van der Waals surface area contributed by atoms with Crippen molar-refractivity contribution in [1.29, 1.82) is 0 Å². The molecule has 0 aliphatic rings. The molecular formula is C13H22O3. The zero-order chi connectivity index (χ0) is 12.4. The van der Waals surface area contributed by atoms with Crippen LogP contribution in [0, 0.1) is 0 Å². The summed E-state index contributed by atoms with van der Waals surface area (Å²) >= 11 is 0. The van der Waals surface area contributed by atoms with Gasteiger partial charge >= 0.3 is 5.97 Å². The van der Waals surface area contributed by atoms with Crippen LogP contribution in [0.5, 0.6) is 0 Å². The van der Waals surface area contributed by atoms with Gasteiger partial charge in [-0.05, 0) is 18.9 Å². The normalized spacial score (nSPS) is 9.88. The minimum atomic E-state index is -0.351. The Morgan fingerprint density at radius 1 is 1.12 bits per heavy atom. The molecule has 0 heterocycles. The molecule has 0 radical (unpaired) electrons. The van der Waals surface area contributed by atoms with Crippen molar-refractivity contribution in [2.75, 3.05) is 6.61 Å². The summed E-state index contributed by atoms with van der Waals surface area (Å²) in [7, 11) is 0. The van der Waals surface area contributed by atoms with E-state index in [9.17, 15) is 9.59 Å². The zero-order valence-electron chi connectivity index (χ0n) is 10.4. The number of hydrogen-bond donors (Lipinski definition) is 0. The Labute approximate surface area is 97.9 Å². The highest BCUT2D eigenvalue weighted by Crippen LogP contribution is 2.05. The van der Waals surface area contributed by atoms with E-state index in [-0.39, 0.29) is 18.2 Å². The van der Waals surface area contributed by atoms with Gasteiger partial charge in [0.05, 0.1) is 13.0 Å². The third kappa shape index (κ3) is 8.21. The Kier molecular flexibility index (Phi) is 8.49. The van der Waals surface area contributed by atoms with E-state index in [2.05, 4.69) is 13.5 Å². The molecule has 0 fully saturated rings. The van der Waals surface area contributed by atoms with Crippen molar-refractivity contribution in [1.82, 2.24) is 0 Å². The van der Waals surface area contributed by atoms with Crippen molar-refractivity contribution >= 4 is 11.8 Å². The molecule has 0 aromatic carbocycles. The van der Waals surface area contributed by atoms with E-state index in [0.717, 1.165) is 12.8 Å². The van der Waals surface area contributed by atoms with Gasteiger partial charge in [-0.25, -0.2) is 0 Å². The Morgan fingerprint density at radius 3 is 2.31 bits per heavy atom. The molecule has 0 spiro atoms. The van der Waals surface area contributed by atoms with Crippen LogP contribution in [0.1, 0.15) is 52.4 Å². The number of unbranched alkanes of at least 4 members (excludes halogenated alkanes) is 4. The minimum Gasteiger partial charge on any atom is -0.465 e. The lowest BCUT2D eigenvalue weighted by Crippen LogP contribution is -2.09. The molecule has 0 aromatic rings. The van der Waals surface area contributed by atoms with Gasteiger partial charge in [-0.2, -0.15) is 0 Å². The molecule has 0 aliphatic carbocycles. The predicted octanol–water partition coefficient (Wildman–Crippen LogP) is 3.04. The topological polar surface area (TPSA) is 43.4 Å². The molecule has 0 N–H and O–H groups in total. The van der Waals surface area contributed by atoms with Gasteiger partial charge in [0, 0.05) is 0 Å². The van der Waals surface area contributed by atoms with Crippen LogP contribution in [-0.4, -0.2) is 18.4 Å². The molecule has 0 aromatic heterocycles. The number of esters is 1. The van der Waals surface area contributed by atoms with E-state index in [1.165, 1.54) is 26.2 Å². The molecule has 0 amide bonds. The van der Waals surface area contributed by atoms with E-state index in [4.69, 9.17) is 4.74 Å². The molecule has 92 valence electrons. The first kappa shape index (κ1) is 14.9. The third-order valence-electron chi connectivity index (χ3n) is 2.37. The molecule has 0 rings (SSSR count). The van der Waals surface area contributed by atoms with Crippen molar-refractivity contribution in [3.63, 3.8) is 0 Å². The molecule has 0 bridgehead atoms. The predicted molar refractivity (Wildman–Crippen MR) is 64.2 cm³/mol. The maximum Gasteiger partial charge on any atom is 0.310 e. The van der Waals surface area contributed by atoms with E-state index >= 15 is 0 Å². The van der Waals surface area contributed by atoms with Gasteiger partial charge in [0.15, 0.2) is 5.78 Å². The highest BCUT2D eigenvalue weighted by molar-refractivity contribution is 5.96. The second-order valence-corrected chi connectivity index (χ2v) is 3.97. The van der Waals surface area contributed by atoms with Gasteiger partial charge < -0.3 is 4.74 Å². The molecular weight excluding hydrogens is 204 g/mol. The lowest BCUT2D eigenvalue weighted by Gasteiger charge is -2.04. The van der Waals surface area contributed by atoms with Gasteiger partial charge in [0.25, 0.3) is 0 Å². The SMILES string of the molecule is C=C(CC(=O)OCCCCCCC)C(C)=O. The Balaban J connectivity index is 3.44. The van der Waals surface area contributed by atoms with Crippen LogP contribution < -0.4 is 0 Å². The van der Waals surface area contributed by atoms with Crippen molar-refractivity contribution < 1.29 is 14.3 Å². The second-order valence-electron chi connectivity index (χ2n) is 3.97. The van der Waals surface area contributed by atoms with Gasteiger partial charge in [0.2, 0.25) is 0 Å². The summed E-state index contributed by atoms with van der Waals surface area (Å²) in [5, 5.41) is 0. The molecule has 0 saturated carbocycles. The monoisotopic (exact) mass is 226 g/mol. The standard InChI is InChI=1S/C13H22O3/c1-4-5-6-7-8-9-16-13(15)10-11(2)12(3)14/h2,4-10H2,1,3H3. The first-order chi connectivity index (χ1) is 7.57. The smallest absolute Gasteiger partial charge is 0.310 e. The first-order valence-electron chi connectivity index (χ1n) is 5.92. The summed E-state index contributed by atoms with van der Waals surface area (Å²) in [6.45, 7) is 7.53. The average molecular weight is 226 g/mol. The zero-order valence-corrected chi connectivity index (χ0v) is 10.4. The van der Waals surface area contributed by atoms with Crippen LogP contribution >= 0.6 is 0 Å². The van der Waals surface area contributed by atoms with Crippen LogP contribution in [0.4, 0.5) is 0 Å². The molecule has 3 heteroatoms. The largest absolute Gasteiger partial charge is 0.465 e. The summed E-state index contributed by atoms with van der Waals surface area (Å²) in [5.41, 5.74) is 0.316. The minimum absolute atomic E-state index is 0.0181. The maximum absolute atomic E-state index is 11.2. The average Bonchev–Trinajstić information content (AvgIpc) is 2.23. The quantitative estimate of drug-likeness (QED) is 0.345. The Morgan fingerprint density at radius 2 is 1.75 bits per heavy atom. The van der Waals surface area contributed by atoms with Gasteiger partial charge in [-0.1, -0.05) is 39.2 Å². The van der Waals surface area contributed by atoms with Crippen LogP contribution in [0.15, 0.2) is 12.2 Å². The van der Waals surface area contributed by atoms with E-state index < -0.39 is 0 Å². The van der Waals surface area contributed by atoms with Crippen molar-refractivity contribution in [3.8, 4) is 0 Å². The highest BCUT2D eigenvalue weighted by Gasteiger charge is 2.08. The summed E-state index contributed by atoms with van der Waals surface area (Å²) < 4.78 is 4.99. The fourth-order valence-corrected chi connectivity index (χ4v) is 1.24. The van der Waals surface area contributed by atoms with Crippen LogP contribution in [0.2, 0.25) is 0 Å². The fourth-order valence-electron chi connectivity index (χ4n) is 1.24. The molecule has 0 saturated heterocycles. The van der Waals surface area contributed by atoms with Gasteiger partial charge in [-0.3, -0.25) is 9.59 Å². The van der Waals surface area contributed by atoms with Crippen molar-refractivity contribution in [2.45, 2.75) is 52.4 Å². The summed E-state index contributed by atoms with van der Waals surface area (Å²) in [4.78, 5) is 22.0. The number of carbonyl (C=O) groups excluding carboxylic acids is 2. The number of Topliss-reactive ketones (excluding diaryl/α,β-unsaturated/α-hetero) is 1. The lowest BCUT2D eigenvalue weighted by molar-refractivity contribution is -0.143. The highest BCUT2D eigenvalue weighted by atomic mass is 16.5. The molecule has 0 aliphatic heterocycles. The van der Waals surface area contributed by atoms with Crippen LogP contribution in [0.25, 0.3) is 0 Å². The number of hydrogen-bond acceptors (Lipinski definition) is 3. The molecule has 0 unspecified atom stereocenters. The third-order valence-corrected chi connectivity index (χ3v) is 2.37. The fraction of sp³-hybridized carbons (Fsp3) is 0.692. The number of ether oxygens (including phenoxy) is 1. The molecule has 3 nitrogen and oxygen atoms in total. The number of rotatable bonds is 9. The number of ketones is 1. The first-order valence-corrected chi connectivity index (χ1v) is 5.92. The van der Waals surface area contributed by atoms with E-state index in [1.807, 2.05) is 0 Å². The molecule has 16 heavy (non-hydrogen) atoms. The van der Waals surface area contributed by atoms with Crippen LogP contribution in [-0.2, 0) is 14.3 Å². The van der Waals surface area contributed by atoms with Gasteiger partial charge in [-0.15, -0.1) is 0 Å². The van der Waals surface area contributed by atoms with Gasteiger partial charge in [0.1, 0.15) is 0 Å². The van der Waals surface area contributed by atoms with E-state index in [0.29, 0.717) is 12.2 Å². The maximum atomic E-state index is 11.2. The summed E-state index contributed by atoms with van der Waals surface area (Å²) in [5.74, 6) is -0.504. The number of carbonyl (C=O) groups is 2. The Bertz CT molecular complexity index is 244. The van der Waals surface area contributed by atoms with Crippen LogP contribution in [0.3, 0.4) is 0 Å². The summed E-state index contributed by atoms with van der Waals surface area (Å²) in [6, 6.07) is 0.